The molecule has 37 heavy (non-hydrogen) atoms. The molecule has 0 saturated carbocycles. The maximum Gasteiger partial charge on any atom is 0.255 e. The fourth-order valence-corrected chi connectivity index (χ4v) is 3.67. The summed E-state index contributed by atoms with van der Waals surface area (Å²) in [7, 11) is 3.25. The van der Waals surface area contributed by atoms with Crippen molar-refractivity contribution in [1.82, 2.24) is 9.97 Å². The number of anilines is 4. The number of methoxy groups -OCH3 is 2. The van der Waals surface area contributed by atoms with E-state index in [1.807, 2.05) is 48.5 Å². The zero-order chi connectivity index (χ0) is 26.0. The van der Waals surface area contributed by atoms with Crippen molar-refractivity contribution in [2.24, 2.45) is 0 Å². The van der Waals surface area contributed by atoms with Crippen LogP contribution in [0.2, 0.25) is 0 Å². The van der Waals surface area contributed by atoms with Crippen LogP contribution in [-0.4, -0.2) is 36.6 Å². The van der Waals surface area contributed by atoms with Gasteiger partial charge in [-0.3, -0.25) is 4.79 Å². The first kappa shape index (κ1) is 25.3. The Morgan fingerprint density at radius 1 is 0.892 bits per heavy atom. The Hall–Kier alpha value is -4.79. The van der Waals surface area contributed by atoms with Crippen LogP contribution in [0.4, 0.5) is 23.1 Å². The van der Waals surface area contributed by atoms with E-state index >= 15 is 0 Å². The first-order valence-corrected chi connectivity index (χ1v) is 11.8. The number of amides is 1. The Morgan fingerprint density at radius 2 is 1.65 bits per heavy atom. The third-order valence-electron chi connectivity index (χ3n) is 5.70. The number of para-hydroxylation sites is 2. The lowest BCUT2D eigenvalue weighted by molar-refractivity contribution is 0.102. The van der Waals surface area contributed by atoms with E-state index in [4.69, 9.17) is 15.2 Å². The van der Waals surface area contributed by atoms with E-state index in [-0.39, 0.29) is 5.91 Å². The molecule has 4 aromatic rings. The molecule has 1 heterocycles. The molecule has 0 saturated heterocycles. The van der Waals surface area contributed by atoms with Gasteiger partial charge in [0.2, 0.25) is 5.95 Å². The predicted molar refractivity (Wildman–Crippen MR) is 146 cm³/mol. The molecular weight excluding hydrogens is 468 g/mol. The van der Waals surface area contributed by atoms with E-state index in [1.165, 1.54) is 0 Å². The van der Waals surface area contributed by atoms with Gasteiger partial charge in [-0.05, 0) is 60.0 Å². The summed E-state index contributed by atoms with van der Waals surface area (Å²) >= 11 is 0. The molecule has 0 radical (unpaired) electrons. The van der Waals surface area contributed by atoms with Crippen LogP contribution in [0.3, 0.4) is 0 Å². The van der Waals surface area contributed by atoms with Crippen LogP contribution >= 0.6 is 0 Å². The van der Waals surface area contributed by atoms with Gasteiger partial charge >= 0.3 is 0 Å². The van der Waals surface area contributed by atoms with Crippen molar-refractivity contribution in [2.75, 3.05) is 42.4 Å². The summed E-state index contributed by atoms with van der Waals surface area (Å²) in [6.45, 7) is 1.22. The van der Waals surface area contributed by atoms with Crippen molar-refractivity contribution >= 4 is 29.0 Å². The average Bonchev–Trinajstić information content (AvgIpc) is 2.93. The number of nitrogens with zero attached hydrogens (tertiary/aromatic N) is 2. The Labute approximate surface area is 216 Å². The molecule has 5 N–H and O–H groups in total. The van der Waals surface area contributed by atoms with Crippen molar-refractivity contribution in [3.05, 3.63) is 95.7 Å². The van der Waals surface area contributed by atoms with Crippen LogP contribution in [0.15, 0.2) is 79.0 Å². The third kappa shape index (κ3) is 6.88. The minimum Gasteiger partial charge on any atom is -0.493 e. The van der Waals surface area contributed by atoms with Gasteiger partial charge in [-0.2, -0.15) is 4.98 Å². The Bertz CT molecular complexity index is 1340. The van der Waals surface area contributed by atoms with Crippen LogP contribution in [0.25, 0.3) is 0 Å². The monoisotopic (exact) mass is 498 g/mol. The largest absolute Gasteiger partial charge is 0.493 e. The van der Waals surface area contributed by atoms with Crippen LogP contribution in [0.5, 0.6) is 11.5 Å². The predicted octanol–water partition coefficient (Wildman–Crippen LogP) is 4.60. The van der Waals surface area contributed by atoms with Gasteiger partial charge in [-0.25, -0.2) is 4.98 Å². The molecule has 9 heteroatoms. The lowest BCUT2D eigenvalue weighted by atomic mass is 10.1. The van der Waals surface area contributed by atoms with Gasteiger partial charge in [-0.1, -0.05) is 30.3 Å². The molecule has 0 aliphatic rings. The van der Waals surface area contributed by atoms with E-state index in [1.54, 1.807) is 44.7 Å². The third-order valence-corrected chi connectivity index (χ3v) is 5.70. The fourth-order valence-electron chi connectivity index (χ4n) is 3.67. The number of hydrogen-bond acceptors (Lipinski definition) is 8. The number of rotatable bonds is 11. The van der Waals surface area contributed by atoms with Gasteiger partial charge in [0.15, 0.2) is 11.5 Å². The lowest BCUT2D eigenvalue weighted by Crippen LogP contribution is -2.13. The summed E-state index contributed by atoms with van der Waals surface area (Å²) in [5, 5.41) is 9.38. The van der Waals surface area contributed by atoms with E-state index in [0.29, 0.717) is 47.5 Å². The van der Waals surface area contributed by atoms with E-state index in [2.05, 4.69) is 25.9 Å². The van der Waals surface area contributed by atoms with Crippen molar-refractivity contribution < 1.29 is 14.3 Å². The number of aromatic nitrogens is 2. The summed E-state index contributed by atoms with van der Waals surface area (Å²) in [5.74, 6) is 2.44. The van der Waals surface area contributed by atoms with Crippen molar-refractivity contribution in [2.45, 2.75) is 13.0 Å². The Kier molecular flexibility index (Phi) is 8.38. The molecular formula is C28H30N6O3. The lowest BCUT2D eigenvalue weighted by Gasteiger charge is -2.11. The number of benzene rings is 3. The topological polar surface area (TPSA) is 123 Å². The number of nitrogens with one attached hydrogen (secondary N) is 3. The normalized spacial score (nSPS) is 10.4. The summed E-state index contributed by atoms with van der Waals surface area (Å²) in [4.78, 5) is 21.3. The molecule has 9 nitrogen and oxygen atoms in total. The van der Waals surface area contributed by atoms with Gasteiger partial charge in [0.25, 0.3) is 5.91 Å². The zero-order valence-corrected chi connectivity index (χ0v) is 20.8. The summed E-state index contributed by atoms with van der Waals surface area (Å²) in [6.07, 6.45) is 2.50. The molecule has 0 aliphatic carbocycles. The highest BCUT2D eigenvalue weighted by molar-refractivity contribution is 6.05. The first-order chi connectivity index (χ1) is 18.1. The molecule has 0 spiro atoms. The van der Waals surface area contributed by atoms with Crippen molar-refractivity contribution in [1.29, 1.82) is 0 Å². The summed E-state index contributed by atoms with van der Waals surface area (Å²) < 4.78 is 10.7. The molecule has 0 aliphatic heterocycles. The number of carbonyl (C=O) groups is 1. The maximum atomic E-state index is 12.5. The molecule has 190 valence electrons. The van der Waals surface area contributed by atoms with Crippen LogP contribution in [0, 0.1) is 0 Å². The number of nitrogens with two attached hydrogens (primary N) is 1. The second-order valence-corrected chi connectivity index (χ2v) is 8.22. The maximum absolute atomic E-state index is 12.5. The number of ether oxygens (including phenoxy) is 2. The number of carbonyl (C=O) groups excluding carboxylic acids is 1. The summed E-state index contributed by atoms with van der Waals surface area (Å²) in [5.41, 5.74) is 9.68. The van der Waals surface area contributed by atoms with Crippen LogP contribution in [-0.2, 0) is 13.0 Å². The molecule has 0 bridgehead atoms. The highest BCUT2D eigenvalue weighted by Gasteiger charge is 2.08. The van der Waals surface area contributed by atoms with Gasteiger partial charge < -0.3 is 31.2 Å². The molecule has 1 amide bonds. The first-order valence-electron chi connectivity index (χ1n) is 11.8. The van der Waals surface area contributed by atoms with Crippen LogP contribution < -0.4 is 31.2 Å². The Morgan fingerprint density at radius 3 is 2.41 bits per heavy atom. The minimum atomic E-state index is -0.215. The second-order valence-electron chi connectivity index (χ2n) is 8.22. The molecule has 0 unspecified atom stereocenters. The Balaban J connectivity index is 1.27. The fraction of sp³-hybridized carbons (Fsp3) is 0.179. The van der Waals surface area contributed by atoms with E-state index in [9.17, 15) is 4.79 Å². The SMILES string of the molecule is COc1ccc(CCNc2ccnc(NCc3ccc(C(=O)Nc4ccccc4N)cc3)n2)cc1OC. The van der Waals surface area contributed by atoms with E-state index in [0.717, 1.165) is 23.4 Å². The molecule has 3 aromatic carbocycles. The standard InChI is InChI=1S/C28H30N6O3/c1-36-24-12-9-19(17-25(24)37-2)13-15-30-26-14-16-31-28(34-26)32-18-20-7-10-21(11-8-20)27(35)33-23-6-4-3-5-22(23)29/h3-12,14,16-17H,13,15,18,29H2,1-2H3,(H,33,35)(H2,30,31,32,34). The van der Waals surface area contributed by atoms with Crippen molar-refractivity contribution in [3.8, 4) is 11.5 Å². The number of hydrogen-bond donors (Lipinski definition) is 4. The van der Waals surface area contributed by atoms with Crippen molar-refractivity contribution in [3.63, 3.8) is 0 Å². The average molecular weight is 499 g/mol. The second kappa shape index (κ2) is 12.3. The zero-order valence-electron chi connectivity index (χ0n) is 20.8. The quantitative estimate of drug-likeness (QED) is 0.221. The van der Waals surface area contributed by atoms with Gasteiger partial charge in [-0.15, -0.1) is 0 Å². The van der Waals surface area contributed by atoms with E-state index < -0.39 is 0 Å². The van der Waals surface area contributed by atoms with Gasteiger partial charge in [0, 0.05) is 24.8 Å². The molecule has 4 rings (SSSR count). The van der Waals surface area contributed by atoms with Gasteiger partial charge in [0.05, 0.1) is 25.6 Å². The molecule has 1 aromatic heterocycles. The molecule has 0 atom stereocenters. The van der Waals surface area contributed by atoms with Crippen LogP contribution in [0.1, 0.15) is 21.5 Å². The summed E-state index contributed by atoms with van der Waals surface area (Å²) in [6, 6.07) is 22.2. The number of nitrogen functional groups attached to an aromatic ring is 1. The highest BCUT2D eigenvalue weighted by Crippen LogP contribution is 2.27. The van der Waals surface area contributed by atoms with Gasteiger partial charge in [0.1, 0.15) is 5.82 Å². The molecule has 0 fully saturated rings. The highest BCUT2D eigenvalue weighted by atomic mass is 16.5. The minimum absolute atomic E-state index is 0.215. The smallest absolute Gasteiger partial charge is 0.255 e.